The first kappa shape index (κ1) is 9.21. The Balaban J connectivity index is 2.04. The van der Waals surface area contributed by atoms with Gasteiger partial charge < -0.3 is 10.6 Å². The molecule has 2 aliphatic rings. The van der Waals surface area contributed by atoms with Crippen molar-refractivity contribution in [1.82, 2.24) is 5.32 Å². The quantitative estimate of drug-likeness (QED) is 0.687. The molecule has 1 heterocycles. The molecule has 0 saturated heterocycles. The monoisotopic (exact) mass is 212 g/mol. The number of para-hydroxylation sites is 1. The highest BCUT2D eigenvalue weighted by Gasteiger charge is 2.26. The second-order valence-electron chi connectivity index (χ2n) is 3.98. The Hall–Kier alpha value is -2.03. The van der Waals surface area contributed by atoms with Crippen molar-refractivity contribution in [3.8, 4) is 0 Å². The molecule has 2 atom stereocenters. The molecule has 1 aromatic carbocycles. The molecule has 16 heavy (non-hydrogen) atoms. The van der Waals surface area contributed by atoms with E-state index in [-0.39, 0.29) is 18.0 Å². The molecule has 2 unspecified atom stereocenters. The Morgan fingerprint density at radius 1 is 0.938 bits per heavy atom. The third kappa shape index (κ3) is 1.41. The van der Waals surface area contributed by atoms with Gasteiger partial charge in [0.1, 0.15) is 0 Å². The lowest BCUT2D eigenvalue weighted by Gasteiger charge is -2.23. The summed E-state index contributed by atoms with van der Waals surface area (Å²) in [6.07, 6.45) is 8.02. The van der Waals surface area contributed by atoms with Crippen molar-refractivity contribution in [3.63, 3.8) is 0 Å². The summed E-state index contributed by atoms with van der Waals surface area (Å²) in [4.78, 5) is 12.0. The van der Waals surface area contributed by atoms with E-state index in [0.717, 1.165) is 5.69 Å². The van der Waals surface area contributed by atoms with Crippen molar-refractivity contribution in [1.29, 1.82) is 0 Å². The van der Waals surface area contributed by atoms with Gasteiger partial charge in [0.05, 0.1) is 17.6 Å². The van der Waals surface area contributed by atoms with E-state index in [1.807, 2.05) is 42.5 Å². The number of hydrogen-bond donors (Lipinski definition) is 2. The fourth-order valence-electron chi connectivity index (χ4n) is 2.10. The Kier molecular flexibility index (Phi) is 2.03. The summed E-state index contributed by atoms with van der Waals surface area (Å²) in [6, 6.07) is 7.75. The lowest BCUT2D eigenvalue weighted by Crippen LogP contribution is -2.42. The van der Waals surface area contributed by atoms with Gasteiger partial charge in [-0.05, 0) is 12.1 Å². The largest absolute Gasteiger partial charge is 0.376 e. The second-order valence-corrected chi connectivity index (χ2v) is 3.98. The van der Waals surface area contributed by atoms with Gasteiger partial charge in [0.2, 0.25) is 0 Å². The molecular weight excluding hydrogens is 200 g/mol. The molecule has 3 rings (SSSR count). The zero-order valence-electron chi connectivity index (χ0n) is 8.68. The van der Waals surface area contributed by atoms with Crippen LogP contribution in [0.1, 0.15) is 10.4 Å². The van der Waals surface area contributed by atoms with Gasteiger partial charge in [-0.3, -0.25) is 4.79 Å². The van der Waals surface area contributed by atoms with Gasteiger partial charge in [-0.1, -0.05) is 36.4 Å². The predicted octanol–water partition coefficient (Wildman–Crippen LogP) is 1.71. The number of amides is 1. The molecule has 0 saturated carbocycles. The first-order chi connectivity index (χ1) is 7.84. The summed E-state index contributed by atoms with van der Waals surface area (Å²) in [5, 5.41) is 6.37. The minimum absolute atomic E-state index is 0.0180. The van der Waals surface area contributed by atoms with Crippen molar-refractivity contribution in [3.05, 3.63) is 54.1 Å². The Bertz CT molecular complexity index is 490. The molecule has 1 amide bonds. The zero-order valence-corrected chi connectivity index (χ0v) is 8.68. The molecule has 2 N–H and O–H groups in total. The second kappa shape index (κ2) is 3.52. The molecule has 1 aromatic rings. The van der Waals surface area contributed by atoms with Crippen LogP contribution in [0.2, 0.25) is 0 Å². The van der Waals surface area contributed by atoms with E-state index < -0.39 is 0 Å². The molecule has 1 aliphatic heterocycles. The number of allylic oxidation sites excluding steroid dienone is 2. The van der Waals surface area contributed by atoms with E-state index >= 15 is 0 Å². The van der Waals surface area contributed by atoms with Crippen LogP contribution in [0.5, 0.6) is 0 Å². The van der Waals surface area contributed by atoms with Gasteiger partial charge in [-0.2, -0.15) is 0 Å². The van der Waals surface area contributed by atoms with Crippen molar-refractivity contribution in [2.75, 3.05) is 5.32 Å². The van der Waals surface area contributed by atoms with Gasteiger partial charge >= 0.3 is 0 Å². The predicted molar refractivity (Wildman–Crippen MR) is 63.4 cm³/mol. The summed E-state index contributed by atoms with van der Waals surface area (Å²) < 4.78 is 0. The fraction of sp³-hybridized carbons (Fsp3) is 0.154. The number of nitrogens with one attached hydrogen (secondary N) is 2. The smallest absolute Gasteiger partial charge is 0.253 e. The average molecular weight is 212 g/mol. The molecule has 0 spiro atoms. The highest BCUT2D eigenvalue weighted by Crippen LogP contribution is 2.22. The number of benzene rings is 1. The van der Waals surface area contributed by atoms with E-state index in [4.69, 9.17) is 0 Å². The van der Waals surface area contributed by atoms with E-state index in [0.29, 0.717) is 5.56 Å². The SMILES string of the molecule is O=C1NC2C=CC=CC2Nc2ccccc21. The van der Waals surface area contributed by atoms with Gasteiger partial charge in [0.25, 0.3) is 5.91 Å². The van der Waals surface area contributed by atoms with E-state index in [2.05, 4.69) is 16.7 Å². The number of anilines is 1. The van der Waals surface area contributed by atoms with E-state index in [1.165, 1.54) is 0 Å². The molecule has 0 aromatic heterocycles. The molecule has 1 aliphatic carbocycles. The third-order valence-electron chi connectivity index (χ3n) is 2.93. The van der Waals surface area contributed by atoms with Gasteiger partial charge in [0.15, 0.2) is 0 Å². The number of hydrogen-bond acceptors (Lipinski definition) is 2. The van der Waals surface area contributed by atoms with E-state index in [1.54, 1.807) is 0 Å². The molecule has 0 bridgehead atoms. The zero-order chi connectivity index (χ0) is 11.0. The van der Waals surface area contributed by atoms with Crippen LogP contribution < -0.4 is 10.6 Å². The fourth-order valence-corrected chi connectivity index (χ4v) is 2.10. The van der Waals surface area contributed by atoms with Crippen molar-refractivity contribution in [2.24, 2.45) is 0 Å². The average Bonchev–Trinajstić information content (AvgIpc) is 2.45. The number of rotatable bonds is 0. The van der Waals surface area contributed by atoms with Gasteiger partial charge in [-0.25, -0.2) is 0 Å². The summed E-state index contributed by atoms with van der Waals surface area (Å²) in [5.41, 5.74) is 1.60. The minimum atomic E-state index is -0.0180. The lowest BCUT2D eigenvalue weighted by molar-refractivity contribution is 0.0947. The first-order valence-corrected chi connectivity index (χ1v) is 5.36. The van der Waals surface area contributed by atoms with Crippen molar-refractivity contribution in [2.45, 2.75) is 12.1 Å². The Morgan fingerprint density at radius 2 is 1.62 bits per heavy atom. The molecule has 0 radical (unpaired) electrons. The summed E-state index contributed by atoms with van der Waals surface area (Å²) in [5.74, 6) is -0.0180. The van der Waals surface area contributed by atoms with Crippen molar-refractivity contribution >= 4 is 11.6 Å². The minimum Gasteiger partial charge on any atom is -0.376 e. The molecule has 0 fully saturated rings. The van der Waals surface area contributed by atoms with Crippen LogP contribution in [0.3, 0.4) is 0 Å². The van der Waals surface area contributed by atoms with Crippen molar-refractivity contribution < 1.29 is 4.79 Å². The molecule has 3 heteroatoms. The maximum Gasteiger partial charge on any atom is 0.253 e. The third-order valence-corrected chi connectivity index (χ3v) is 2.93. The summed E-state index contributed by atoms with van der Waals surface area (Å²) in [6.45, 7) is 0. The van der Waals surface area contributed by atoms with Gasteiger partial charge in [-0.15, -0.1) is 0 Å². The van der Waals surface area contributed by atoms with Gasteiger partial charge in [0, 0.05) is 5.69 Å². The topological polar surface area (TPSA) is 41.1 Å². The molecular formula is C13H12N2O. The van der Waals surface area contributed by atoms with Crippen LogP contribution in [-0.4, -0.2) is 18.0 Å². The number of carbonyl (C=O) groups is 1. The maximum atomic E-state index is 12.0. The van der Waals surface area contributed by atoms with Crippen LogP contribution in [0.15, 0.2) is 48.6 Å². The van der Waals surface area contributed by atoms with Crippen LogP contribution >= 0.6 is 0 Å². The normalized spacial score (nSPS) is 26.1. The lowest BCUT2D eigenvalue weighted by atomic mass is 10.0. The molecule has 80 valence electrons. The van der Waals surface area contributed by atoms with E-state index in [9.17, 15) is 4.79 Å². The number of fused-ring (bicyclic) bond motifs is 2. The highest BCUT2D eigenvalue weighted by atomic mass is 16.1. The standard InChI is InChI=1S/C13H12N2O/c16-13-9-5-1-2-6-10(9)14-11-7-3-4-8-12(11)15-13/h1-8,11-12,14H,(H,15,16). The highest BCUT2D eigenvalue weighted by molar-refractivity contribution is 6.00. The summed E-state index contributed by atoms with van der Waals surface area (Å²) in [7, 11) is 0. The van der Waals surface area contributed by atoms with Crippen LogP contribution in [0, 0.1) is 0 Å². The maximum absolute atomic E-state index is 12.0. The Morgan fingerprint density at radius 3 is 2.44 bits per heavy atom. The summed E-state index contributed by atoms with van der Waals surface area (Å²) >= 11 is 0. The van der Waals surface area contributed by atoms with Crippen LogP contribution in [0.4, 0.5) is 5.69 Å². The van der Waals surface area contributed by atoms with Crippen LogP contribution in [-0.2, 0) is 0 Å². The molecule has 3 nitrogen and oxygen atoms in total. The first-order valence-electron chi connectivity index (χ1n) is 5.36. The van der Waals surface area contributed by atoms with Crippen LogP contribution in [0.25, 0.3) is 0 Å². The number of carbonyl (C=O) groups excluding carboxylic acids is 1. The Labute approximate surface area is 93.9 Å².